The van der Waals surface area contributed by atoms with Crippen LogP contribution in [0.25, 0.3) is 0 Å². The Morgan fingerprint density at radius 3 is 2.25 bits per heavy atom. The molecule has 1 aromatic rings. The van der Waals surface area contributed by atoms with Crippen LogP contribution < -0.4 is 4.90 Å². The fourth-order valence-corrected chi connectivity index (χ4v) is 1.39. The SMILES string of the molecule is CCOC(=O)N(C(=O)OCC)c1cnns1. The molecule has 0 aliphatic carbocycles. The Morgan fingerprint density at radius 2 is 1.88 bits per heavy atom. The topological polar surface area (TPSA) is 81.6 Å². The molecule has 0 saturated carbocycles. The summed E-state index contributed by atoms with van der Waals surface area (Å²) in [4.78, 5) is 23.8. The van der Waals surface area contributed by atoms with Crippen LogP contribution in [0.5, 0.6) is 0 Å². The summed E-state index contributed by atoms with van der Waals surface area (Å²) in [6.45, 7) is 3.63. The van der Waals surface area contributed by atoms with Crippen molar-refractivity contribution in [3.05, 3.63) is 6.20 Å². The monoisotopic (exact) mass is 245 g/mol. The van der Waals surface area contributed by atoms with Crippen LogP contribution in [-0.2, 0) is 9.47 Å². The Hall–Kier alpha value is -1.70. The maximum atomic E-state index is 11.5. The maximum absolute atomic E-state index is 11.5. The van der Waals surface area contributed by atoms with Crippen LogP contribution in [-0.4, -0.2) is 35.0 Å². The molecule has 1 heterocycles. The number of amides is 2. The molecule has 0 spiro atoms. The zero-order valence-electron chi connectivity index (χ0n) is 8.87. The largest absolute Gasteiger partial charge is 0.449 e. The highest BCUT2D eigenvalue weighted by Crippen LogP contribution is 2.19. The van der Waals surface area contributed by atoms with E-state index >= 15 is 0 Å². The molecule has 0 aliphatic rings. The lowest BCUT2D eigenvalue weighted by Crippen LogP contribution is -2.37. The third kappa shape index (κ3) is 2.89. The molecule has 2 amide bonds. The Balaban J connectivity index is 2.85. The molecule has 88 valence electrons. The third-order valence-electron chi connectivity index (χ3n) is 1.47. The molecular formula is C8H11N3O4S. The first-order valence-electron chi connectivity index (χ1n) is 4.61. The Morgan fingerprint density at radius 1 is 1.31 bits per heavy atom. The first kappa shape index (κ1) is 12.4. The van der Waals surface area contributed by atoms with Crippen molar-refractivity contribution >= 4 is 28.7 Å². The van der Waals surface area contributed by atoms with E-state index in [2.05, 4.69) is 9.59 Å². The van der Waals surface area contributed by atoms with Gasteiger partial charge in [0.15, 0.2) is 5.00 Å². The van der Waals surface area contributed by atoms with Crippen LogP contribution in [0.15, 0.2) is 6.20 Å². The zero-order chi connectivity index (χ0) is 12.0. The molecule has 16 heavy (non-hydrogen) atoms. The Kier molecular flexibility index (Phi) is 4.65. The van der Waals surface area contributed by atoms with E-state index < -0.39 is 12.2 Å². The Bertz CT molecular complexity index is 336. The second-order valence-corrected chi connectivity index (χ2v) is 3.25. The van der Waals surface area contributed by atoms with Crippen molar-refractivity contribution in [3.8, 4) is 0 Å². The van der Waals surface area contributed by atoms with Crippen LogP contribution >= 0.6 is 11.5 Å². The summed E-state index contributed by atoms with van der Waals surface area (Å²) in [6.07, 6.45) is -0.308. The molecule has 7 nitrogen and oxygen atoms in total. The van der Waals surface area contributed by atoms with Crippen molar-refractivity contribution in [3.63, 3.8) is 0 Å². The van der Waals surface area contributed by atoms with Gasteiger partial charge in [-0.05, 0) is 13.8 Å². The molecular weight excluding hydrogens is 234 g/mol. The van der Waals surface area contributed by atoms with Gasteiger partial charge in [-0.2, -0.15) is 4.90 Å². The van der Waals surface area contributed by atoms with Crippen LogP contribution in [0, 0.1) is 0 Å². The van der Waals surface area contributed by atoms with Gasteiger partial charge in [-0.15, -0.1) is 5.10 Å². The van der Waals surface area contributed by atoms with Crippen molar-refractivity contribution in [1.82, 2.24) is 9.59 Å². The summed E-state index contributed by atoms with van der Waals surface area (Å²) in [5.41, 5.74) is 0. The highest BCUT2D eigenvalue weighted by Gasteiger charge is 2.27. The molecule has 0 radical (unpaired) electrons. The van der Waals surface area contributed by atoms with Gasteiger partial charge in [-0.1, -0.05) is 4.49 Å². The minimum atomic E-state index is -0.799. The van der Waals surface area contributed by atoms with Crippen molar-refractivity contribution in [1.29, 1.82) is 0 Å². The number of hydrogen-bond donors (Lipinski definition) is 0. The molecule has 0 aliphatic heterocycles. The highest BCUT2D eigenvalue weighted by molar-refractivity contribution is 7.10. The Labute approximate surface area is 96.1 Å². The summed E-state index contributed by atoms with van der Waals surface area (Å²) in [7, 11) is 0. The number of imide groups is 1. The third-order valence-corrected chi connectivity index (χ3v) is 2.12. The minimum Gasteiger partial charge on any atom is -0.449 e. The van der Waals surface area contributed by atoms with Crippen molar-refractivity contribution in [2.45, 2.75) is 13.8 Å². The van der Waals surface area contributed by atoms with Gasteiger partial charge < -0.3 is 9.47 Å². The van der Waals surface area contributed by atoms with E-state index in [-0.39, 0.29) is 18.2 Å². The molecule has 1 rings (SSSR count). The van der Waals surface area contributed by atoms with Crippen molar-refractivity contribution in [2.75, 3.05) is 18.1 Å². The summed E-state index contributed by atoms with van der Waals surface area (Å²) in [5.74, 6) is 0. The second kappa shape index (κ2) is 6.01. The average Bonchev–Trinajstić information content (AvgIpc) is 2.72. The lowest BCUT2D eigenvalue weighted by molar-refractivity contribution is 0.140. The van der Waals surface area contributed by atoms with Gasteiger partial charge >= 0.3 is 12.2 Å². The highest BCUT2D eigenvalue weighted by atomic mass is 32.1. The number of hydrogen-bond acceptors (Lipinski definition) is 7. The van der Waals surface area contributed by atoms with Gasteiger partial charge in [0.1, 0.15) is 0 Å². The number of nitrogens with zero attached hydrogens (tertiary/aromatic N) is 3. The van der Waals surface area contributed by atoms with Crippen molar-refractivity contribution in [2.24, 2.45) is 0 Å². The van der Waals surface area contributed by atoms with Crippen molar-refractivity contribution < 1.29 is 19.1 Å². The predicted molar refractivity (Wildman–Crippen MR) is 56.4 cm³/mol. The van der Waals surface area contributed by atoms with E-state index in [9.17, 15) is 9.59 Å². The first-order chi connectivity index (χ1) is 7.70. The van der Waals surface area contributed by atoms with Gasteiger partial charge in [-0.3, -0.25) is 0 Å². The summed E-state index contributed by atoms with van der Waals surface area (Å²) < 4.78 is 13.0. The van der Waals surface area contributed by atoms with E-state index in [0.29, 0.717) is 0 Å². The van der Waals surface area contributed by atoms with Crippen LogP contribution in [0.4, 0.5) is 14.6 Å². The summed E-state index contributed by atoms with van der Waals surface area (Å²) in [5, 5.41) is 3.80. The van der Waals surface area contributed by atoms with Gasteiger partial charge in [0.25, 0.3) is 0 Å². The molecule has 0 fully saturated rings. The molecule has 8 heteroatoms. The number of aromatic nitrogens is 2. The molecule has 0 bridgehead atoms. The molecule has 0 saturated heterocycles. The predicted octanol–water partition coefficient (Wildman–Crippen LogP) is 1.66. The lowest BCUT2D eigenvalue weighted by Gasteiger charge is -2.16. The zero-order valence-corrected chi connectivity index (χ0v) is 9.69. The van der Waals surface area contributed by atoms with Crippen LogP contribution in [0.2, 0.25) is 0 Å². The number of rotatable bonds is 3. The van der Waals surface area contributed by atoms with E-state index in [1.54, 1.807) is 13.8 Å². The van der Waals surface area contributed by atoms with Crippen LogP contribution in [0.3, 0.4) is 0 Å². The number of ether oxygens (including phenoxy) is 2. The molecule has 1 aromatic heterocycles. The van der Waals surface area contributed by atoms with Gasteiger partial charge in [-0.25, -0.2) is 9.59 Å². The summed E-state index contributed by atoms with van der Waals surface area (Å²) in [6, 6.07) is 0. The lowest BCUT2D eigenvalue weighted by atomic mass is 10.7. The molecule has 0 N–H and O–H groups in total. The van der Waals surface area contributed by atoms with E-state index in [1.807, 2.05) is 0 Å². The van der Waals surface area contributed by atoms with E-state index in [4.69, 9.17) is 9.47 Å². The van der Waals surface area contributed by atoms with E-state index in [1.165, 1.54) is 6.20 Å². The minimum absolute atomic E-state index is 0.168. The van der Waals surface area contributed by atoms with E-state index in [0.717, 1.165) is 16.4 Å². The first-order valence-corrected chi connectivity index (χ1v) is 5.39. The molecule has 0 aromatic carbocycles. The summed E-state index contributed by atoms with van der Waals surface area (Å²) >= 11 is 0.903. The fourth-order valence-electron chi connectivity index (χ4n) is 0.891. The standard InChI is InChI=1S/C8H11N3O4S/c1-3-14-7(12)11(8(13)15-4-2)6-5-9-10-16-6/h5H,3-4H2,1-2H3. The quantitative estimate of drug-likeness (QED) is 0.805. The normalized spacial score (nSPS) is 9.62. The van der Waals surface area contributed by atoms with Gasteiger partial charge in [0, 0.05) is 11.5 Å². The van der Waals surface area contributed by atoms with Crippen LogP contribution in [0.1, 0.15) is 13.8 Å². The second-order valence-electron chi connectivity index (χ2n) is 2.49. The van der Waals surface area contributed by atoms with Gasteiger partial charge in [0.05, 0.1) is 19.4 Å². The molecule has 0 atom stereocenters. The number of carbonyl (C=O) groups is 2. The smallest absolute Gasteiger partial charge is 0.424 e. The maximum Gasteiger partial charge on any atom is 0.424 e. The average molecular weight is 245 g/mol. The molecule has 0 unspecified atom stereocenters. The fraction of sp³-hybridized carbons (Fsp3) is 0.500. The van der Waals surface area contributed by atoms with Gasteiger partial charge in [0.2, 0.25) is 0 Å². The number of anilines is 1. The number of carbonyl (C=O) groups excluding carboxylic acids is 2.